The molecule has 0 heterocycles. The topological polar surface area (TPSA) is 38.3 Å². The number of amides is 1. The fourth-order valence-electron chi connectivity index (χ4n) is 1.96. The van der Waals surface area contributed by atoms with Gasteiger partial charge < -0.3 is 10.1 Å². The Morgan fingerprint density at radius 1 is 1.17 bits per heavy atom. The van der Waals surface area contributed by atoms with Crippen molar-refractivity contribution in [3.05, 3.63) is 66.0 Å². The third-order valence-electron chi connectivity index (χ3n) is 3.20. The van der Waals surface area contributed by atoms with Gasteiger partial charge in [-0.15, -0.1) is 0 Å². The molecule has 0 atom stereocenters. The van der Waals surface area contributed by atoms with Crippen molar-refractivity contribution in [2.24, 2.45) is 0 Å². The molecular weight excluding hydrogens is 293 g/mol. The SMILES string of the molecule is CCCCOc1ccccc1/C=C/C(=O)Nc1ccc(F)cc1. The van der Waals surface area contributed by atoms with E-state index in [4.69, 9.17) is 4.74 Å². The van der Waals surface area contributed by atoms with E-state index in [1.54, 1.807) is 6.08 Å². The number of para-hydroxylation sites is 1. The molecule has 3 nitrogen and oxygen atoms in total. The van der Waals surface area contributed by atoms with Crippen molar-refractivity contribution < 1.29 is 13.9 Å². The Kier molecular flexibility index (Phi) is 6.36. The smallest absolute Gasteiger partial charge is 0.248 e. The van der Waals surface area contributed by atoms with Crippen molar-refractivity contribution in [3.63, 3.8) is 0 Å². The Morgan fingerprint density at radius 3 is 2.65 bits per heavy atom. The number of halogens is 1. The van der Waals surface area contributed by atoms with Crippen molar-refractivity contribution in [1.29, 1.82) is 0 Å². The van der Waals surface area contributed by atoms with Gasteiger partial charge in [0.25, 0.3) is 0 Å². The monoisotopic (exact) mass is 313 g/mol. The predicted molar refractivity (Wildman–Crippen MR) is 90.9 cm³/mol. The summed E-state index contributed by atoms with van der Waals surface area (Å²) in [6.45, 7) is 2.76. The van der Waals surface area contributed by atoms with Crippen LogP contribution in [0.2, 0.25) is 0 Å². The molecule has 2 rings (SSSR count). The maximum Gasteiger partial charge on any atom is 0.248 e. The first kappa shape index (κ1) is 16.7. The molecular formula is C19H20FNO2. The number of ether oxygens (including phenoxy) is 1. The molecule has 2 aromatic rings. The van der Waals surface area contributed by atoms with E-state index < -0.39 is 0 Å². The van der Waals surface area contributed by atoms with Crippen LogP contribution in [0.15, 0.2) is 54.6 Å². The molecule has 23 heavy (non-hydrogen) atoms. The Labute approximate surface area is 135 Å². The molecule has 0 unspecified atom stereocenters. The quantitative estimate of drug-likeness (QED) is 0.596. The van der Waals surface area contributed by atoms with E-state index in [9.17, 15) is 9.18 Å². The number of carbonyl (C=O) groups is 1. The highest BCUT2D eigenvalue weighted by molar-refractivity contribution is 6.02. The van der Waals surface area contributed by atoms with Crippen molar-refractivity contribution in [2.45, 2.75) is 19.8 Å². The second-order valence-electron chi connectivity index (χ2n) is 5.07. The first-order chi connectivity index (χ1) is 11.2. The van der Waals surface area contributed by atoms with Crippen molar-refractivity contribution >= 4 is 17.7 Å². The second kappa shape index (κ2) is 8.73. The highest BCUT2D eigenvalue weighted by atomic mass is 19.1. The molecule has 120 valence electrons. The van der Waals surface area contributed by atoms with Crippen LogP contribution in [0, 0.1) is 5.82 Å². The van der Waals surface area contributed by atoms with Gasteiger partial charge in [0.1, 0.15) is 11.6 Å². The first-order valence-electron chi connectivity index (χ1n) is 7.65. The second-order valence-corrected chi connectivity index (χ2v) is 5.07. The van der Waals surface area contributed by atoms with Crippen LogP contribution in [-0.4, -0.2) is 12.5 Å². The summed E-state index contributed by atoms with van der Waals surface area (Å²) >= 11 is 0. The molecule has 0 fully saturated rings. The minimum absolute atomic E-state index is 0.278. The van der Waals surface area contributed by atoms with E-state index in [-0.39, 0.29) is 11.7 Å². The molecule has 1 amide bonds. The number of benzene rings is 2. The van der Waals surface area contributed by atoms with E-state index in [1.807, 2.05) is 24.3 Å². The molecule has 0 aliphatic carbocycles. The number of unbranched alkanes of at least 4 members (excludes halogenated alkanes) is 1. The number of nitrogens with one attached hydrogen (secondary N) is 1. The molecule has 0 spiro atoms. The summed E-state index contributed by atoms with van der Waals surface area (Å²) in [6, 6.07) is 13.2. The zero-order valence-corrected chi connectivity index (χ0v) is 13.1. The van der Waals surface area contributed by atoms with Crippen molar-refractivity contribution in [2.75, 3.05) is 11.9 Å². The van der Waals surface area contributed by atoms with Gasteiger partial charge >= 0.3 is 0 Å². The van der Waals surface area contributed by atoms with E-state index in [1.165, 1.54) is 30.3 Å². The minimum Gasteiger partial charge on any atom is -0.493 e. The largest absolute Gasteiger partial charge is 0.493 e. The van der Waals surface area contributed by atoms with Gasteiger partial charge in [-0.1, -0.05) is 31.5 Å². The van der Waals surface area contributed by atoms with E-state index in [2.05, 4.69) is 12.2 Å². The van der Waals surface area contributed by atoms with Crippen LogP contribution in [0.4, 0.5) is 10.1 Å². The van der Waals surface area contributed by atoms with Crippen molar-refractivity contribution in [1.82, 2.24) is 0 Å². The van der Waals surface area contributed by atoms with Gasteiger partial charge in [0.2, 0.25) is 5.91 Å². The summed E-state index contributed by atoms with van der Waals surface area (Å²) < 4.78 is 18.5. The normalized spacial score (nSPS) is 10.7. The van der Waals surface area contributed by atoms with Crippen LogP contribution in [0.1, 0.15) is 25.3 Å². The van der Waals surface area contributed by atoms with Gasteiger partial charge in [-0.05, 0) is 42.8 Å². The van der Waals surface area contributed by atoms with Crippen LogP contribution in [0.25, 0.3) is 6.08 Å². The van der Waals surface area contributed by atoms with Crippen LogP contribution in [-0.2, 0) is 4.79 Å². The molecule has 0 radical (unpaired) electrons. The van der Waals surface area contributed by atoms with Crippen LogP contribution in [0.3, 0.4) is 0 Å². The van der Waals surface area contributed by atoms with E-state index >= 15 is 0 Å². The highest BCUT2D eigenvalue weighted by Crippen LogP contribution is 2.20. The Bertz CT molecular complexity index is 665. The summed E-state index contributed by atoms with van der Waals surface area (Å²) in [5, 5.41) is 2.68. The summed E-state index contributed by atoms with van der Waals surface area (Å²) in [5.41, 5.74) is 1.39. The molecule has 0 saturated carbocycles. The van der Waals surface area contributed by atoms with Gasteiger partial charge in [0, 0.05) is 17.3 Å². The number of anilines is 1. The molecule has 0 saturated heterocycles. The fraction of sp³-hybridized carbons (Fsp3) is 0.211. The fourth-order valence-corrected chi connectivity index (χ4v) is 1.96. The lowest BCUT2D eigenvalue weighted by atomic mass is 10.2. The Morgan fingerprint density at radius 2 is 1.91 bits per heavy atom. The molecule has 4 heteroatoms. The maximum atomic E-state index is 12.8. The average Bonchev–Trinajstić information content (AvgIpc) is 2.56. The van der Waals surface area contributed by atoms with Gasteiger partial charge in [-0.2, -0.15) is 0 Å². The van der Waals surface area contributed by atoms with E-state index in [0.717, 1.165) is 24.2 Å². The number of carbonyl (C=O) groups excluding carboxylic acids is 1. The van der Waals surface area contributed by atoms with Crippen LogP contribution >= 0.6 is 0 Å². The molecule has 0 aliphatic heterocycles. The van der Waals surface area contributed by atoms with Gasteiger partial charge in [-0.3, -0.25) is 4.79 Å². The first-order valence-corrected chi connectivity index (χ1v) is 7.65. The Hall–Kier alpha value is -2.62. The van der Waals surface area contributed by atoms with E-state index in [0.29, 0.717) is 12.3 Å². The lowest BCUT2D eigenvalue weighted by Gasteiger charge is -2.08. The standard InChI is InChI=1S/C19H20FNO2/c1-2-3-14-23-18-7-5-4-6-15(18)8-13-19(22)21-17-11-9-16(20)10-12-17/h4-13H,2-3,14H2,1H3,(H,21,22)/b13-8+. The van der Waals surface area contributed by atoms with Gasteiger partial charge in [-0.25, -0.2) is 4.39 Å². The zero-order valence-electron chi connectivity index (χ0n) is 13.1. The molecule has 0 bridgehead atoms. The molecule has 0 aromatic heterocycles. The van der Waals surface area contributed by atoms with Crippen LogP contribution in [0.5, 0.6) is 5.75 Å². The third kappa shape index (κ3) is 5.58. The average molecular weight is 313 g/mol. The minimum atomic E-state index is -0.336. The number of hydrogen-bond acceptors (Lipinski definition) is 2. The van der Waals surface area contributed by atoms with Crippen molar-refractivity contribution in [3.8, 4) is 5.75 Å². The Balaban J connectivity index is 1.98. The summed E-state index contributed by atoms with van der Waals surface area (Å²) in [6.07, 6.45) is 5.20. The highest BCUT2D eigenvalue weighted by Gasteiger charge is 2.02. The van der Waals surface area contributed by atoms with Gasteiger partial charge in [0.15, 0.2) is 0 Å². The summed E-state index contributed by atoms with van der Waals surface area (Å²) in [4.78, 5) is 11.9. The molecule has 2 aromatic carbocycles. The zero-order chi connectivity index (χ0) is 16.5. The maximum absolute atomic E-state index is 12.8. The lowest BCUT2D eigenvalue weighted by Crippen LogP contribution is -2.07. The van der Waals surface area contributed by atoms with Gasteiger partial charge in [0.05, 0.1) is 6.61 Å². The molecule has 1 N–H and O–H groups in total. The number of rotatable bonds is 7. The van der Waals surface area contributed by atoms with Crippen LogP contribution < -0.4 is 10.1 Å². The summed E-state index contributed by atoms with van der Waals surface area (Å²) in [7, 11) is 0. The molecule has 0 aliphatic rings. The third-order valence-corrected chi connectivity index (χ3v) is 3.20. The number of hydrogen-bond donors (Lipinski definition) is 1. The predicted octanol–water partition coefficient (Wildman–Crippen LogP) is 4.66. The lowest BCUT2D eigenvalue weighted by molar-refractivity contribution is -0.111. The summed E-state index contributed by atoms with van der Waals surface area (Å²) in [5.74, 6) is 0.142.